The highest BCUT2D eigenvalue weighted by molar-refractivity contribution is 14.1. The highest BCUT2D eigenvalue weighted by Crippen LogP contribution is 2.25. The minimum atomic E-state index is -0.236. The van der Waals surface area contributed by atoms with Crippen LogP contribution in [0, 0.1) is 9.39 Å². The third-order valence-corrected chi connectivity index (χ3v) is 3.92. The molecule has 0 aliphatic rings. The second kappa shape index (κ2) is 5.99. The molecule has 2 N–H and O–H groups in total. The van der Waals surface area contributed by atoms with Crippen LogP contribution in [0.15, 0.2) is 42.5 Å². The fraction of sp³-hybridized carbons (Fsp3) is 0.143. The van der Waals surface area contributed by atoms with Gasteiger partial charge in [-0.1, -0.05) is 23.7 Å². The zero-order chi connectivity index (χ0) is 13.1. The maximum absolute atomic E-state index is 13.1. The Morgan fingerprint density at radius 2 is 2.00 bits per heavy atom. The molecule has 1 nitrogen and oxygen atoms in total. The molecule has 94 valence electrons. The lowest BCUT2D eigenvalue weighted by molar-refractivity contribution is 0.622. The van der Waals surface area contributed by atoms with E-state index in [-0.39, 0.29) is 11.9 Å². The second-order valence-electron chi connectivity index (χ2n) is 4.11. The van der Waals surface area contributed by atoms with Crippen LogP contribution < -0.4 is 5.73 Å². The summed E-state index contributed by atoms with van der Waals surface area (Å²) in [5, 5.41) is 0.667. The largest absolute Gasteiger partial charge is 0.324 e. The van der Waals surface area contributed by atoms with Crippen LogP contribution in [-0.4, -0.2) is 0 Å². The molecule has 18 heavy (non-hydrogen) atoms. The molecule has 0 heterocycles. The first-order valence-corrected chi connectivity index (χ1v) is 6.97. The molecule has 0 spiro atoms. The van der Waals surface area contributed by atoms with E-state index in [0.717, 1.165) is 14.7 Å². The van der Waals surface area contributed by atoms with Crippen LogP contribution in [-0.2, 0) is 6.42 Å². The fourth-order valence-corrected chi connectivity index (χ4v) is 2.74. The SMILES string of the molecule is NC(Cc1cccc(F)c1)c1cc(Cl)ccc1I. The number of hydrogen-bond acceptors (Lipinski definition) is 1. The van der Waals surface area contributed by atoms with Gasteiger partial charge in [-0.3, -0.25) is 0 Å². The van der Waals surface area contributed by atoms with E-state index in [0.29, 0.717) is 11.4 Å². The number of rotatable bonds is 3. The predicted octanol–water partition coefficient (Wildman–Crippen LogP) is 4.33. The van der Waals surface area contributed by atoms with Gasteiger partial charge in [-0.2, -0.15) is 0 Å². The summed E-state index contributed by atoms with van der Waals surface area (Å²) in [5.41, 5.74) is 8.04. The van der Waals surface area contributed by atoms with Gasteiger partial charge >= 0.3 is 0 Å². The molecule has 0 aromatic heterocycles. The highest BCUT2D eigenvalue weighted by Gasteiger charge is 2.11. The van der Waals surface area contributed by atoms with E-state index in [9.17, 15) is 4.39 Å². The number of nitrogens with two attached hydrogens (primary N) is 1. The van der Waals surface area contributed by atoms with Crippen molar-refractivity contribution < 1.29 is 4.39 Å². The van der Waals surface area contributed by atoms with Crippen molar-refractivity contribution >= 4 is 34.2 Å². The first kappa shape index (κ1) is 13.8. The first-order valence-electron chi connectivity index (χ1n) is 5.51. The Bertz CT molecular complexity index is 559. The smallest absolute Gasteiger partial charge is 0.123 e. The van der Waals surface area contributed by atoms with Crippen molar-refractivity contribution in [2.45, 2.75) is 12.5 Å². The summed E-state index contributed by atoms with van der Waals surface area (Å²) in [5.74, 6) is -0.236. The van der Waals surface area contributed by atoms with Crippen LogP contribution in [0.2, 0.25) is 5.02 Å². The average Bonchev–Trinajstić information content (AvgIpc) is 2.32. The summed E-state index contributed by atoms with van der Waals surface area (Å²) in [7, 11) is 0. The zero-order valence-corrected chi connectivity index (χ0v) is 12.5. The summed E-state index contributed by atoms with van der Waals surface area (Å²) in [4.78, 5) is 0. The van der Waals surface area contributed by atoms with E-state index in [1.165, 1.54) is 12.1 Å². The van der Waals surface area contributed by atoms with Crippen LogP contribution in [0.3, 0.4) is 0 Å². The third-order valence-electron chi connectivity index (χ3n) is 2.70. The molecule has 1 unspecified atom stereocenters. The topological polar surface area (TPSA) is 26.0 Å². The fourth-order valence-electron chi connectivity index (χ4n) is 1.83. The van der Waals surface area contributed by atoms with Crippen LogP contribution in [0.4, 0.5) is 4.39 Å². The lowest BCUT2D eigenvalue weighted by Crippen LogP contribution is -2.14. The van der Waals surface area contributed by atoms with Gasteiger partial charge in [-0.15, -0.1) is 0 Å². The van der Waals surface area contributed by atoms with Crippen LogP contribution in [0.5, 0.6) is 0 Å². The maximum atomic E-state index is 13.1. The second-order valence-corrected chi connectivity index (χ2v) is 5.70. The Hall–Kier alpha value is -0.650. The molecular weight excluding hydrogens is 364 g/mol. The lowest BCUT2D eigenvalue weighted by atomic mass is 10.00. The molecule has 0 fully saturated rings. The summed E-state index contributed by atoms with van der Waals surface area (Å²) in [6.07, 6.45) is 0.591. The van der Waals surface area contributed by atoms with Crippen LogP contribution >= 0.6 is 34.2 Å². The summed E-state index contributed by atoms with van der Waals surface area (Å²) in [6, 6.07) is 12.0. The monoisotopic (exact) mass is 375 g/mol. The van der Waals surface area contributed by atoms with Gasteiger partial charge in [-0.05, 0) is 70.5 Å². The Balaban J connectivity index is 2.21. The van der Waals surface area contributed by atoms with Crippen molar-refractivity contribution in [1.29, 1.82) is 0 Å². The van der Waals surface area contributed by atoms with E-state index >= 15 is 0 Å². The molecule has 0 radical (unpaired) electrons. The molecule has 2 rings (SSSR count). The molecule has 0 amide bonds. The van der Waals surface area contributed by atoms with Gasteiger partial charge < -0.3 is 5.73 Å². The Morgan fingerprint density at radius 3 is 2.72 bits per heavy atom. The number of hydrogen-bond donors (Lipinski definition) is 1. The van der Waals surface area contributed by atoms with Gasteiger partial charge in [0.15, 0.2) is 0 Å². The molecule has 0 aliphatic carbocycles. The molecule has 0 saturated carbocycles. The van der Waals surface area contributed by atoms with Gasteiger partial charge in [-0.25, -0.2) is 4.39 Å². The molecule has 4 heteroatoms. The summed E-state index contributed by atoms with van der Waals surface area (Å²) in [6.45, 7) is 0. The van der Waals surface area contributed by atoms with Gasteiger partial charge in [0.2, 0.25) is 0 Å². The van der Waals surface area contributed by atoms with Crippen LogP contribution in [0.25, 0.3) is 0 Å². The van der Waals surface area contributed by atoms with E-state index in [4.69, 9.17) is 17.3 Å². The minimum absolute atomic E-state index is 0.183. The average molecular weight is 376 g/mol. The summed E-state index contributed by atoms with van der Waals surface area (Å²) >= 11 is 8.20. The van der Waals surface area contributed by atoms with Gasteiger partial charge in [0.1, 0.15) is 5.82 Å². The quantitative estimate of drug-likeness (QED) is 0.794. The van der Waals surface area contributed by atoms with Crippen molar-refractivity contribution in [2.24, 2.45) is 5.73 Å². The maximum Gasteiger partial charge on any atom is 0.123 e. The van der Waals surface area contributed by atoms with Crippen molar-refractivity contribution in [3.05, 3.63) is 68.0 Å². The van der Waals surface area contributed by atoms with Crippen molar-refractivity contribution in [2.75, 3.05) is 0 Å². The molecule has 2 aromatic carbocycles. The highest BCUT2D eigenvalue weighted by atomic mass is 127. The predicted molar refractivity (Wildman–Crippen MR) is 81.2 cm³/mol. The first-order chi connectivity index (χ1) is 8.56. The Labute approximate surface area is 124 Å². The summed E-state index contributed by atoms with van der Waals surface area (Å²) < 4.78 is 14.2. The minimum Gasteiger partial charge on any atom is -0.324 e. The Morgan fingerprint density at radius 1 is 1.22 bits per heavy atom. The molecule has 0 aliphatic heterocycles. The van der Waals surface area contributed by atoms with Gasteiger partial charge in [0, 0.05) is 14.6 Å². The zero-order valence-electron chi connectivity index (χ0n) is 9.54. The van der Waals surface area contributed by atoms with Crippen molar-refractivity contribution in [3.8, 4) is 0 Å². The standard InChI is InChI=1S/C14H12ClFIN/c15-10-4-5-13(17)12(8-10)14(18)7-9-2-1-3-11(16)6-9/h1-6,8,14H,7,18H2. The number of halogens is 3. The number of benzene rings is 2. The van der Waals surface area contributed by atoms with E-state index in [2.05, 4.69) is 22.6 Å². The molecule has 1 atom stereocenters. The molecular formula is C14H12ClFIN. The van der Waals surface area contributed by atoms with Crippen LogP contribution in [0.1, 0.15) is 17.2 Å². The van der Waals surface area contributed by atoms with Gasteiger partial charge in [0.05, 0.1) is 0 Å². The normalized spacial score (nSPS) is 12.4. The van der Waals surface area contributed by atoms with E-state index < -0.39 is 0 Å². The van der Waals surface area contributed by atoms with Crippen molar-refractivity contribution in [3.63, 3.8) is 0 Å². The van der Waals surface area contributed by atoms with E-state index in [1.807, 2.05) is 24.3 Å². The molecule has 2 aromatic rings. The third kappa shape index (κ3) is 3.43. The van der Waals surface area contributed by atoms with E-state index in [1.54, 1.807) is 6.07 Å². The van der Waals surface area contributed by atoms with Crippen molar-refractivity contribution in [1.82, 2.24) is 0 Å². The lowest BCUT2D eigenvalue weighted by Gasteiger charge is -2.14. The molecule has 0 saturated heterocycles. The Kier molecular flexibility index (Phi) is 4.59. The van der Waals surface area contributed by atoms with Gasteiger partial charge in [0.25, 0.3) is 0 Å². The molecule has 0 bridgehead atoms.